The Balaban J connectivity index is 0.00000529. The molecule has 2 N–H and O–H groups in total. The minimum atomic E-state index is -0.185. The van der Waals surface area contributed by atoms with Crippen molar-refractivity contribution < 1.29 is 26.9 Å². The van der Waals surface area contributed by atoms with Crippen molar-refractivity contribution in [1.29, 1.82) is 0 Å². The van der Waals surface area contributed by atoms with E-state index in [4.69, 9.17) is 0 Å². The van der Waals surface area contributed by atoms with E-state index in [1.807, 2.05) is 0 Å². The summed E-state index contributed by atoms with van der Waals surface area (Å²) in [6.45, 7) is 2.93. The smallest absolute Gasteiger partial charge is 0.255 e. The molecule has 3 nitrogen and oxygen atoms in total. The number of para-hydroxylation sites is 1. The van der Waals surface area contributed by atoms with Crippen LogP contribution in [0.4, 0.5) is 0 Å². The van der Waals surface area contributed by atoms with Gasteiger partial charge in [0.05, 0.1) is 11.8 Å². The molecule has 1 amide bonds. The molecule has 0 radical (unpaired) electrons. The molecule has 24 heavy (non-hydrogen) atoms. The Morgan fingerprint density at radius 1 is 1.04 bits per heavy atom. The van der Waals surface area contributed by atoms with Crippen molar-refractivity contribution >= 4 is 16.8 Å². The number of phenols is 1. The number of carbonyl (C=O) groups is 1. The molecule has 0 fully saturated rings. The third-order valence-electron chi connectivity index (χ3n) is 3.95. The number of nitrogens with one attached hydrogen (secondary N) is 1. The van der Waals surface area contributed by atoms with Crippen molar-refractivity contribution in [2.24, 2.45) is 0 Å². The van der Waals surface area contributed by atoms with Crippen LogP contribution in [0, 0.1) is 0 Å². The van der Waals surface area contributed by atoms with Crippen molar-refractivity contribution in [3.63, 3.8) is 0 Å². The molecule has 1 atom stereocenters. The summed E-state index contributed by atoms with van der Waals surface area (Å²) in [5, 5.41) is 12.5. The summed E-state index contributed by atoms with van der Waals surface area (Å²) in [5.74, 6) is 2.36. The molecule has 0 saturated carbocycles. The SMILES string of the molecule is CCCCCCCC[S+](C)CCCNC(=O)c1ccccc1O.[Br-]. The highest BCUT2D eigenvalue weighted by Crippen LogP contribution is 2.15. The van der Waals surface area contributed by atoms with E-state index in [9.17, 15) is 9.90 Å². The molecule has 0 aliphatic carbocycles. The second-order valence-electron chi connectivity index (χ2n) is 6.08. The van der Waals surface area contributed by atoms with Gasteiger partial charge in [-0.2, -0.15) is 0 Å². The number of halogens is 1. The minimum Gasteiger partial charge on any atom is -1.00 e. The molecule has 1 aromatic carbocycles. The molecule has 1 aromatic rings. The normalized spacial score (nSPS) is 11.6. The Labute approximate surface area is 160 Å². The topological polar surface area (TPSA) is 49.3 Å². The van der Waals surface area contributed by atoms with Crippen LogP contribution in [0.15, 0.2) is 24.3 Å². The summed E-state index contributed by atoms with van der Waals surface area (Å²) >= 11 is 0. The van der Waals surface area contributed by atoms with Crippen LogP contribution >= 0.6 is 0 Å². The average molecular weight is 418 g/mol. The molecule has 138 valence electrons. The van der Waals surface area contributed by atoms with Gasteiger partial charge in [-0.3, -0.25) is 4.79 Å². The largest absolute Gasteiger partial charge is 1.00 e. The average Bonchev–Trinajstić information content (AvgIpc) is 2.55. The Bertz CT molecular complexity index is 457. The van der Waals surface area contributed by atoms with Gasteiger partial charge < -0.3 is 27.4 Å². The van der Waals surface area contributed by atoms with Gasteiger partial charge in [-0.1, -0.05) is 44.7 Å². The van der Waals surface area contributed by atoms with Gasteiger partial charge in [-0.25, -0.2) is 0 Å². The minimum absolute atomic E-state index is 0. The van der Waals surface area contributed by atoms with Crippen LogP contribution in [0.1, 0.15) is 62.2 Å². The van der Waals surface area contributed by atoms with Crippen LogP contribution in [-0.2, 0) is 10.9 Å². The van der Waals surface area contributed by atoms with E-state index < -0.39 is 0 Å². The van der Waals surface area contributed by atoms with Gasteiger partial charge in [0.25, 0.3) is 5.91 Å². The molecule has 1 unspecified atom stereocenters. The zero-order valence-electron chi connectivity index (χ0n) is 15.0. The third kappa shape index (κ3) is 10.2. The molecule has 0 heterocycles. The van der Waals surface area contributed by atoms with Crippen LogP contribution in [0.2, 0.25) is 0 Å². The summed E-state index contributed by atoms with van der Waals surface area (Å²) in [5.41, 5.74) is 0.357. The summed E-state index contributed by atoms with van der Waals surface area (Å²) in [7, 11) is 0.458. The molecule has 0 saturated heterocycles. The number of benzene rings is 1. The Kier molecular flexibility index (Phi) is 14.2. The van der Waals surface area contributed by atoms with E-state index >= 15 is 0 Å². The highest BCUT2D eigenvalue weighted by Gasteiger charge is 2.12. The van der Waals surface area contributed by atoms with Gasteiger partial charge in [0.15, 0.2) is 0 Å². The van der Waals surface area contributed by atoms with Crippen molar-refractivity contribution in [2.45, 2.75) is 51.9 Å². The maximum Gasteiger partial charge on any atom is 0.255 e. The first kappa shape index (κ1) is 23.3. The first-order valence-electron chi connectivity index (χ1n) is 8.80. The number of amides is 1. The highest BCUT2D eigenvalue weighted by atomic mass is 79.9. The molecule has 0 bridgehead atoms. The van der Waals surface area contributed by atoms with Crippen molar-refractivity contribution in [3.05, 3.63) is 29.8 Å². The second kappa shape index (κ2) is 14.6. The number of aromatic hydroxyl groups is 1. The first-order valence-corrected chi connectivity index (χ1v) is 10.8. The summed E-state index contributed by atoms with van der Waals surface area (Å²) in [4.78, 5) is 11.9. The van der Waals surface area contributed by atoms with Gasteiger partial charge >= 0.3 is 0 Å². The summed E-state index contributed by atoms with van der Waals surface area (Å²) < 4.78 is 0. The first-order chi connectivity index (χ1) is 11.1. The maximum atomic E-state index is 11.9. The summed E-state index contributed by atoms with van der Waals surface area (Å²) in [6, 6.07) is 6.67. The number of unbranched alkanes of at least 4 members (excludes halogenated alkanes) is 5. The molecule has 0 aliphatic rings. The second-order valence-corrected chi connectivity index (χ2v) is 8.46. The van der Waals surface area contributed by atoms with Crippen LogP contribution in [0.3, 0.4) is 0 Å². The van der Waals surface area contributed by atoms with E-state index in [-0.39, 0.29) is 28.6 Å². The zero-order valence-corrected chi connectivity index (χ0v) is 17.4. The van der Waals surface area contributed by atoms with E-state index in [0.717, 1.165) is 6.42 Å². The fourth-order valence-electron chi connectivity index (χ4n) is 2.51. The molecule has 5 heteroatoms. The van der Waals surface area contributed by atoms with Crippen molar-refractivity contribution in [3.8, 4) is 5.75 Å². The number of rotatable bonds is 12. The van der Waals surface area contributed by atoms with Gasteiger partial charge in [-0.15, -0.1) is 0 Å². The molecule has 1 rings (SSSR count). The van der Waals surface area contributed by atoms with Crippen LogP contribution < -0.4 is 22.3 Å². The lowest BCUT2D eigenvalue weighted by Crippen LogP contribution is -3.00. The molecule has 0 aromatic heterocycles. The molecular weight excluding hydrogens is 386 g/mol. The van der Waals surface area contributed by atoms with Gasteiger partial charge in [0, 0.05) is 13.0 Å². The maximum absolute atomic E-state index is 11.9. The predicted octanol–water partition coefficient (Wildman–Crippen LogP) is 1.12. The summed E-state index contributed by atoms with van der Waals surface area (Å²) in [6.07, 6.45) is 11.5. The van der Waals surface area contributed by atoms with Gasteiger partial charge in [0.1, 0.15) is 17.3 Å². The zero-order chi connectivity index (χ0) is 16.9. The van der Waals surface area contributed by atoms with Crippen molar-refractivity contribution in [1.82, 2.24) is 5.32 Å². The van der Waals surface area contributed by atoms with E-state index in [0.29, 0.717) is 23.0 Å². The number of carbonyl (C=O) groups excluding carboxylic acids is 1. The highest BCUT2D eigenvalue weighted by molar-refractivity contribution is 7.96. The number of phenolic OH excluding ortho intramolecular Hbond substituents is 1. The molecular formula is C19H32BrNO2S. The monoisotopic (exact) mass is 417 g/mol. The van der Waals surface area contributed by atoms with Crippen LogP contribution in [-0.4, -0.2) is 35.3 Å². The number of hydrogen-bond donors (Lipinski definition) is 2. The third-order valence-corrected chi connectivity index (χ3v) is 5.92. The fraction of sp³-hybridized carbons (Fsp3) is 0.632. The van der Waals surface area contributed by atoms with Gasteiger partial charge in [0.2, 0.25) is 0 Å². The van der Waals surface area contributed by atoms with E-state index in [2.05, 4.69) is 18.5 Å². The molecule has 0 aliphatic heterocycles. The Morgan fingerprint density at radius 3 is 2.38 bits per heavy atom. The van der Waals surface area contributed by atoms with Gasteiger partial charge in [-0.05, 0) is 35.9 Å². The number of hydrogen-bond acceptors (Lipinski definition) is 2. The molecule has 0 spiro atoms. The lowest BCUT2D eigenvalue weighted by Gasteiger charge is -2.07. The van der Waals surface area contributed by atoms with E-state index in [1.165, 1.54) is 50.0 Å². The lowest BCUT2D eigenvalue weighted by atomic mass is 10.1. The lowest BCUT2D eigenvalue weighted by molar-refractivity contribution is -0.0000147. The quantitative estimate of drug-likeness (QED) is 0.395. The van der Waals surface area contributed by atoms with Crippen LogP contribution in [0.25, 0.3) is 0 Å². The van der Waals surface area contributed by atoms with Crippen molar-refractivity contribution in [2.75, 3.05) is 24.3 Å². The van der Waals surface area contributed by atoms with E-state index in [1.54, 1.807) is 24.3 Å². The Hall–Kier alpha value is -0.680. The fourth-order valence-corrected chi connectivity index (χ4v) is 4.05. The standard InChI is InChI=1S/C19H31NO2S.BrH/c1-3-4-5-6-7-10-15-23(2)16-11-14-20-19(22)17-12-8-9-13-18(17)21;/h8-9,12-13H,3-7,10-11,14-16H2,1-2H3,(H-,20,21,22);1H. The van der Waals surface area contributed by atoms with Crippen LogP contribution in [0.5, 0.6) is 5.75 Å². The Morgan fingerprint density at radius 2 is 1.67 bits per heavy atom. The predicted molar refractivity (Wildman–Crippen MR) is 101 cm³/mol.